The Morgan fingerprint density at radius 3 is 2.50 bits per heavy atom. The number of aromatic nitrogens is 3. The standard InChI is InChI=1S/C20H22FN5OS/c1-13-5-6-14(2)26(13)20-24-23-19(28-20)25-11-3-4-15(12-25)18(27)22-17-9-7-16(21)8-10-17/h5-10,15H,3-4,11-12H2,1-2H3,(H,22,27)/t15-/m1/s1. The summed E-state index contributed by atoms with van der Waals surface area (Å²) >= 11 is 1.54. The van der Waals surface area contributed by atoms with Gasteiger partial charge in [0.2, 0.25) is 16.2 Å². The number of halogens is 1. The Hall–Kier alpha value is -2.74. The number of amides is 1. The van der Waals surface area contributed by atoms with E-state index < -0.39 is 0 Å². The van der Waals surface area contributed by atoms with Crippen LogP contribution >= 0.6 is 11.3 Å². The molecule has 3 heterocycles. The molecule has 146 valence electrons. The van der Waals surface area contributed by atoms with Crippen molar-refractivity contribution in [2.75, 3.05) is 23.3 Å². The Balaban J connectivity index is 1.45. The van der Waals surface area contributed by atoms with E-state index in [4.69, 9.17) is 0 Å². The first-order valence-corrected chi connectivity index (χ1v) is 10.1. The van der Waals surface area contributed by atoms with Crippen LogP contribution in [0.1, 0.15) is 24.2 Å². The van der Waals surface area contributed by atoms with Crippen LogP contribution in [0.3, 0.4) is 0 Å². The molecule has 0 unspecified atom stereocenters. The van der Waals surface area contributed by atoms with Crippen LogP contribution < -0.4 is 10.2 Å². The van der Waals surface area contributed by atoms with E-state index in [1.54, 1.807) is 12.1 Å². The van der Waals surface area contributed by atoms with Crippen LogP contribution in [0.15, 0.2) is 36.4 Å². The van der Waals surface area contributed by atoms with Crippen LogP contribution in [0.4, 0.5) is 15.2 Å². The van der Waals surface area contributed by atoms with Gasteiger partial charge >= 0.3 is 0 Å². The quantitative estimate of drug-likeness (QED) is 0.722. The molecule has 0 saturated carbocycles. The Morgan fingerprint density at radius 2 is 1.79 bits per heavy atom. The zero-order valence-electron chi connectivity index (χ0n) is 15.9. The average Bonchev–Trinajstić information content (AvgIpc) is 3.30. The predicted octanol–water partition coefficient (Wildman–Crippen LogP) is 3.94. The molecule has 0 spiro atoms. The maximum Gasteiger partial charge on any atom is 0.229 e. The van der Waals surface area contributed by atoms with Crippen LogP contribution in [0.2, 0.25) is 0 Å². The molecule has 1 aliphatic rings. The van der Waals surface area contributed by atoms with Crippen LogP contribution in [0.5, 0.6) is 0 Å². The van der Waals surface area contributed by atoms with Crippen molar-refractivity contribution in [2.45, 2.75) is 26.7 Å². The number of carbonyl (C=O) groups excluding carboxylic acids is 1. The minimum Gasteiger partial charge on any atom is -0.346 e. The van der Waals surface area contributed by atoms with Crippen molar-refractivity contribution < 1.29 is 9.18 Å². The number of piperidine rings is 1. The lowest BCUT2D eigenvalue weighted by molar-refractivity contribution is -0.120. The highest BCUT2D eigenvalue weighted by Gasteiger charge is 2.28. The molecule has 1 aliphatic heterocycles. The van der Waals surface area contributed by atoms with Crippen molar-refractivity contribution in [3.63, 3.8) is 0 Å². The van der Waals surface area contributed by atoms with Crippen molar-refractivity contribution in [2.24, 2.45) is 5.92 Å². The normalized spacial score (nSPS) is 17.0. The number of rotatable bonds is 4. The van der Waals surface area contributed by atoms with Crippen molar-refractivity contribution in [1.29, 1.82) is 0 Å². The lowest BCUT2D eigenvalue weighted by atomic mass is 9.97. The molecular formula is C20H22FN5OS. The van der Waals surface area contributed by atoms with Gasteiger partial charge in [-0.1, -0.05) is 11.3 Å². The van der Waals surface area contributed by atoms with Gasteiger partial charge in [-0.15, -0.1) is 10.2 Å². The van der Waals surface area contributed by atoms with Gasteiger partial charge in [-0.2, -0.15) is 0 Å². The Kier molecular flexibility index (Phi) is 5.13. The molecule has 0 aliphatic carbocycles. The van der Waals surface area contributed by atoms with E-state index in [-0.39, 0.29) is 17.6 Å². The van der Waals surface area contributed by atoms with Crippen LogP contribution in [-0.4, -0.2) is 33.8 Å². The summed E-state index contributed by atoms with van der Waals surface area (Å²) in [5.41, 5.74) is 2.85. The van der Waals surface area contributed by atoms with E-state index in [9.17, 15) is 9.18 Å². The summed E-state index contributed by atoms with van der Waals surface area (Å²) in [6, 6.07) is 9.97. The molecule has 6 nitrogen and oxygen atoms in total. The fourth-order valence-corrected chi connectivity index (χ4v) is 4.54. The number of nitrogens with zero attached hydrogens (tertiary/aromatic N) is 4. The van der Waals surface area contributed by atoms with E-state index in [1.165, 1.54) is 23.5 Å². The second kappa shape index (κ2) is 7.71. The predicted molar refractivity (Wildman–Crippen MR) is 109 cm³/mol. The SMILES string of the molecule is Cc1ccc(C)n1-c1nnc(N2CCC[C@@H](C(=O)Nc3ccc(F)cc3)C2)s1. The summed E-state index contributed by atoms with van der Waals surface area (Å²) in [6.45, 7) is 5.56. The Bertz CT molecular complexity index is 961. The van der Waals surface area contributed by atoms with Crippen LogP contribution in [0, 0.1) is 25.6 Å². The fraction of sp³-hybridized carbons (Fsp3) is 0.350. The summed E-state index contributed by atoms with van der Waals surface area (Å²) < 4.78 is 15.1. The molecule has 1 fully saturated rings. The first-order valence-electron chi connectivity index (χ1n) is 9.31. The first kappa shape index (κ1) is 18.6. The second-order valence-corrected chi connectivity index (χ2v) is 8.03. The minimum absolute atomic E-state index is 0.0434. The molecule has 1 atom stereocenters. The van der Waals surface area contributed by atoms with E-state index >= 15 is 0 Å². The summed E-state index contributed by atoms with van der Waals surface area (Å²) in [5.74, 6) is -0.499. The van der Waals surface area contributed by atoms with Gasteiger partial charge in [0.05, 0.1) is 5.92 Å². The summed E-state index contributed by atoms with van der Waals surface area (Å²) in [5, 5.41) is 13.3. The highest BCUT2D eigenvalue weighted by Crippen LogP contribution is 2.29. The van der Waals surface area contributed by atoms with Gasteiger partial charge in [0, 0.05) is 30.2 Å². The third-order valence-corrected chi connectivity index (χ3v) is 6.01. The lowest BCUT2D eigenvalue weighted by Gasteiger charge is -2.31. The number of nitrogens with one attached hydrogen (secondary N) is 1. The molecule has 3 aromatic rings. The Labute approximate surface area is 167 Å². The van der Waals surface area contributed by atoms with Gasteiger partial charge in [-0.05, 0) is 63.1 Å². The Morgan fingerprint density at radius 1 is 1.11 bits per heavy atom. The van der Waals surface area contributed by atoms with Crippen molar-refractivity contribution >= 4 is 28.1 Å². The number of hydrogen-bond donors (Lipinski definition) is 1. The highest BCUT2D eigenvalue weighted by atomic mass is 32.1. The molecule has 28 heavy (non-hydrogen) atoms. The van der Waals surface area contributed by atoms with Crippen LogP contribution in [-0.2, 0) is 4.79 Å². The third-order valence-electron chi connectivity index (χ3n) is 5.04. The highest BCUT2D eigenvalue weighted by molar-refractivity contribution is 7.17. The van der Waals surface area contributed by atoms with Gasteiger partial charge < -0.3 is 10.2 Å². The number of aryl methyl sites for hydroxylation is 2. The monoisotopic (exact) mass is 399 g/mol. The molecule has 1 aromatic carbocycles. The second-order valence-electron chi connectivity index (χ2n) is 7.10. The molecule has 1 N–H and O–H groups in total. The topological polar surface area (TPSA) is 63.1 Å². The van der Waals surface area contributed by atoms with Gasteiger partial charge in [0.1, 0.15) is 5.82 Å². The van der Waals surface area contributed by atoms with Gasteiger partial charge in [0.25, 0.3) is 0 Å². The van der Waals surface area contributed by atoms with E-state index in [1.807, 2.05) is 13.8 Å². The largest absolute Gasteiger partial charge is 0.346 e. The molecule has 1 amide bonds. The molecular weight excluding hydrogens is 377 g/mol. The smallest absolute Gasteiger partial charge is 0.229 e. The molecule has 0 bridgehead atoms. The maximum absolute atomic E-state index is 13.0. The molecule has 0 radical (unpaired) electrons. The molecule has 8 heteroatoms. The third kappa shape index (κ3) is 3.77. The van der Waals surface area contributed by atoms with Gasteiger partial charge in [-0.3, -0.25) is 9.36 Å². The molecule has 1 saturated heterocycles. The van der Waals surface area contributed by atoms with E-state index in [0.29, 0.717) is 12.2 Å². The van der Waals surface area contributed by atoms with E-state index in [0.717, 1.165) is 41.0 Å². The van der Waals surface area contributed by atoms with Gasteiger partial charge in [-0.25, -0.2) is 4.39 Å². The number of anilines is 2. The van der Waals surface area contributed by atoms with E-state index in [2.05, 4.69) is 37.1 Å². The average molecular weight is 399 g/mol. The fourth-order valence-electron chi connectivity index (χ4n) is 3.54. The molecule has 2 aromatic heterocycles. The zero-order chi connectivity index (χ0) is 19.7. The summed E-state index contributed by atoms with van der Waals surface area (Å²) in [6.07, 6.45) is 1.74. The first-order chi connectivity index (χ1) is 13.5. The van der Waals surface area contributed by atoms with Crippen molar-refractivity contribution in [3.05, 3.63) is 53.6 Å². The number of carbonyl (C=O) groups is 1. The van der Waals surface area contributed by atoms with Crippen LogP contribution in [0.25, 0.3) is 5.13 Å². The zero-order valence-corrected chi connectivity index (χ0v) is 16.7. The van der Waals surface area contributed by atoms with Gasteiger partial charge in [0.15, 0.2) is 0 Å². The number of benzene rings is 1. The summed E-state index contributed by atoms with van der Waals surface area (Å²) in [4.78, 5) is 14.8. The van der Waals surface area contributed by atoms with Crippen molar-refractivity contribution in [1.82, 2.24) is 14.8 Å². The van der Waals surface area contributed by atoms with Crippen molar-refractivity contribution in [3.8, 4) is 5.13 Å². The summed E-state index contributed by atoms with van der Waals surface area (Å²) in [7, 11) is 0. The molecule has 4 rings (SSSR count). The minimum atomic E-state index is -0.318. The lowest BCUT2D eigenvalue weighted by Crippen LogP contribution is -2.40. The number of hydrogen-bond acceptors (Lipinski definition) is 5. The maximum atomic E-state index is 13.0.